The molecule has 0 saturated carbocycles. The zero-order chi connectivity index (χ0) is 18.1. The number of benzene rings is 1. The summed E-state index contributed by atoms with van der Waals surface area (Å²) in [6, 6.07) is 9.13. The van der Waals surface area contributed by atoms with Crippen LogP contribution in [0.3, 0.4) is 0 Å². The van der Waals surface area contributed by atoms with Crippen molar-refractivity contribution in [2.45, 2.75) is 19.4 Å². The lowest BCUT2D eigenvalue weighted by Gasteiger charge is -2.10. The van der Waals surface area contributed by atoms with Crippen LogP contribution >= 0.6 is 11.3 Å². The summed E-state index contributed by atoms with van der Waals surface area (Å²) in [7, 11) is 3.15. The second kappa shape index (κ2) is 9.68. The van der Waals surface area contributed by atoms with Gasteiger partial charge in [-0.15, -0.1) is 11.3 Å². The third-order valence-electron chi connectivity index (χ3n) is 3.55. The Labute approximate surface area is 151 Å². The van der Waals surface area contributed by atoms with Gasteiger partial charge in [-0.2, -0.15) is 0 Å². The minimum absolute atomic E-state index is 0.0554. The minimum Gasteiger partial charge on any atom is -0.493 e. The first-order valence-corrected chi connectivity index (χ1v) is 8.81. The molecule has 0 fully saturated rings. The molecule has 2 aromatic rings. The molecule has 2 rings (SSSR count). The molecule has 0 unspecified atom stereocenters. The van der Waals surface area contributed by atoms with E-state index >= 15 is 0 Å². The predicted octanol–water partition coefficient (Wildman–Crippen LogP) is 2.59. The Morgan fingerprint density at radius 1 is 1.08 bits per heavy atom. The van der Waals surface area contributed by atoms with Crippen LogP contribution in [-0.2, 0) is 11.3 Å². The molecule has 0 bridgehead atoms. The standard InChI is InChI=1S/C18H22N2O4S/c1-23-14-8-7-13(11-15(14)24-2)12-20-17(21)6-3-9-19-18(22)16-5-4-10-25-16/h4-5,7-8,10-11H,3,6,9,12H2,1-2H3,(H,19,22)(H,20,21). The molecule has 134 valence electrons. The Kier molecular flexibility index (Phi) is 7.28. The van der Waals surface area contributed by atoms with Gasteiger partial charge in [0.05, 0.1) is 19.1 Å². The fraction of sp³-hybridized carbons (Fsp3) is 0.333. The fourth-order valence-electron chi connectivity index (χ4n) is 2.23. The maximum Gasteiger partial charge on any atom is 0.261 e. The Morgan fingerprint density at radius 3 is 2.56 bits per heavy atom. The summed E-state index contributed by atoms with van der Waals surface area (Å²) < 4.78 is 10.4. The molecule has 0 atom stereocenters. The van der Waals surface area contributed by atoms with Gasteiger partial charge in [-0.05, 0) is 35.6 Å². The smallest absolute Gasteiger partial charge is 0.261 e. The monoisotopic (exact) mass is 362 g/mol. The normalized spacial score (nSPS) is 10.2. The first-order chi connectivity index (χ1) is 12.1. The summed E-state index contributed by atoms with van der Waals surface area (Å²) in [5, 5.41) is 7.52. The van der Waals surface area contributed by atoms with Crippen molar-refractivity contribution in [3.8, 4) is 11.5 Å². The van der Waals surface area contributed by atoms with Crippen molar-refractivity contribution in [2.24, 2.45) is 0 Å². The molecule has 25 heavy (non-hydrogen) atoms. The Balaban J connectivity index is 1.68. The van der Waals surface area contributed by atoms with Crippen LogP contribution < -0.4 is 20.1 Å². The van der Waals surface area contributed by atoms with E-state index in [0.29, 0.717) is 42.3 Å². The first kappa shape index (κ1) is 18.8. The highest BCUT2D eigenvalue weighted by Gasteiger charge is 2.08. The summed E-state index contributed by atoms with van der Waals surface area (Å²) in [6.07, 6.45) is 0.951. The summed E-state index contributed by atoms with van der Waals surface area (Å²) in [5.74, 6) is 1.13. The van der Waals surface area contributed by atoms with Crippen LogP contribution in [0.1, 0.15) is 28.1 Å². The zero-order valence-electron chi connectivity index (χ0n) is 14.3. The van der Waals surface area contributed by atoms with Crippen LogP contribution in [0.15, 0.2) is 35.7 Å². The Hall–Kier alpha value is -2.54. The van der Waals surface area contributed by atoms with Gasteiger partial charge in [0, 0.05) is 19.5 Å². The van der Waals surface area contributed by atoms with Gasteiger partial charge < -0.3 is 20.1 Å². The molecule has 2 amide bonds. The summed E-state index contributed by atoms with van der Waals surface area (Å²) in [6.45, 7) is 0.890. The molecule has 1 aromatic carbocycles. The van der Waals surface area contributed by atoms with Crippen LogP contribution in [0.4, 0.5) is 0 Å². The van der Waals surface area contributed by atoms with E-state index < -0.39 is 0 Å². The van der Waals surface area contributed by atoms with E-state index in [1.807, 2.05) is 23.6 Å². The Morgan fingerprint density at radius 2 is 1.88 bits per heavy atom. The molecule has 0 aliphatic heterocycles. The highest BCUT2D eigenvalue weighted by molar-refractivity contribution is 7.12. The van der Waals surface area contributed by atoms with Gasteiger partial charge in [0.25, 0.3) is 5.91 Å². The number of carbonyl (C=O) groups is 2. The average Bonchev–Trinajstić information content (AvgIpc) is 3.17. The van der Waals surface area contributed by atoms with Crippen LogP contribution in [0, 0.1) is 0 Å². The van der Waals surface area contributed by atoms with E-state index in [1.54, 1.807) is 26.4 Å². The third-order valence-corrected chi connectivity index (χ3v) is 4.42. The van der Waals surface area contributed by atoms with Crippen LogP contribution in [-0.4, -0.2) is 32.6 Å². The lowest BCUT2D eigenvalue weighted by Crippen LogP contribution is -2.26. The quantitative estimate of drug-likeness (QED) is 0.672. The first-order valence-electron chi connectivity index (χ1n) is 7.93. The van der Waals surface area contributed by atoms with Crippen molar-refractivity contribution in [3.63, 3.8) is 0 Å². The van der Waals surface area contributed by atoms with E-state index in [2.05, 4.69) is 10.6 Å². The van der Waals surface area contributed by atoms with Crippen LogP contribution in [0.25, 0.3) is 0 Å². The molecule has 1 aromatic heterocycles. The molecular weight excluding hydrogens is 340 g/mol. The number of thiophene rings is 1. The summed E-state index contributed by atoms with van der Waals surface area (Å²) >= 11 is 1.40. The second-order valence-corrected chi connectivity index (χ2v) is 6.25. The molecule has 0 aliphatic carbocycles. The average molecular weight is 362 g/mol. The number of hydrogen-bond donors (Lipinski definition) is 2. The molecule has 0 spiro atoms. The predicted molar refractivity (Wildman–Crippen MR) is 97.3 cm³/mol. The molecule has 0 aliphatic rings. The van der Waals surface area contributed by atoms with Crippen molar-refractivity contribution in [3.05, 3.63) is 46.2 Å². The lowest BCUT2D eigenvalue weighted by atomic mass is 10.2. The van der Waals surface area contributed by atoms with Crippen LogP contribution in [0.2, 0.25) is 0 Å². The highest BCUT2D eigenvalue weighted by Crippen LogP contribution is 2.27. The molecule has 2 N–H and O–H groups in total. The highest BCUT2D eigenvalue weighted by atomic mass is 32.1. The minimum atomic E-state index is -0.0965. The van der Waals surface area contributed by atoms with Gasteiger partial charge in [-0.3, -0.25) is 9.59 Å². The lowest BCUT2D eigenvalue weighted by molar-refractivity contribution is -0.121. The summed E-state index contributed by atoms with van der Waals surface area (Å²) in [5.41, 5.74) is 0.928. The van der Waals surface area contributed by atoms with E-state index in [9.17, 15) is 9.59 Å². The van der Waals surface area contributed by atoms with E-state index in [0.717, 1.165) is 5.56 Å². The Bertz CT molecular complexity index is 701. The fourth-order valence-corrected chi connectivity index (χ4v) is 2.87. The largest absolute Gasteiger partial charge is 0.493 e. The van der Waals surface area contributed by atoms with E-state index in [4.69, 9.17) is 9.47 Å². The van der Waals surface area contributed by atoms with Crippen molar-refractivity contribution >= 4 is 23.2 Å². The van der Waals surface area contributed by atoms with Gasteiger partial charge in [0.15, 0.2) is 11.5 Å². The molecule has 7 heteroatoms. The maximum atomic E-state index is 11.9. The summed E-state index contributed by atoms with van der Waals surface area (Å²) in [4.78, 5) is 24.3. The molecule has 6 nitrogen and oxygen atoms in total. The third kappa shape index (κ3) is 5.79. The number of rotatable bonds is 9. The number of ether oxygens (including phenoxy) is 2. The van der Waals surface area contributed by atoms with Crippen molar-refractivity contribution in [1.29, 1.82) is 0 Å². The van der Waals surface area contributed by atoms with Crippen molar-refractivity contribution in [1.82, 2.24) is 10.6 Å². The van der Waals surface area contributed by atoms with Crippen molar-refractivity contribution in [2.75, 3.05) is 20.8 Å². The number of carbonyl (C=O) groups excluding carboxylic acids is 2. The number of amides is 2. The van der Waals surface area contributed by atoms with Gasteiger partial charge >= 0.3 is 0 Å². The second-order valence-electron chi connectivity index (χ2n) is 5.30. The number of methoxy groups -OCH3 is 2. The number of nitrogens with one attached hydrogen (secondary N) is 2. The number of hydrogen-bond acceptors (Lipinski definition) is 5. The molecule has 0 saturated heterocycles. The maximum absolute atomic E-state index is 11.9. The molecule has 1 heterocycles. The van der Waals surface area contributed by atoms with E-state index in [-0.39, 0.29) is 11.8 Å². The van der Waals surface area contributed by atoms with Gasteiger partial charge in [0.1, 0.15) is 0 Å². The SMILES string of the molecule is COc1ccc(CNC(=O)CCCNC(=O)c2cccs2)cc1OC. The molecular formula is C18H22N2O4S. The molecule has 0 radical (unpaired) electrons. The van der Waals surface area contributed by atoms with Crippen molar-refractivity contribution < 1.29 is 19.1 Å². The van der Waals surface area contributed by atoms with Gasteiger partial charge in [-0.1, -0.05) is 12.1 Å². The zero-order valence-corrected chi connectivity index (χ0v) is 15.2. The topological polar surface area (TPSA) is 76.7 Å². The van der Waals surface area contributed by atoms with Gasteiger partial charge in [-0.25, -0.2) is 0 Å². The van der Waals surface area contributed by atoms with Gasteiger partial charge in [0.2, 0.25) is 5.91 Å². The van der Waals surface area contributed by atoms with E-state index in [1.165, 1.54) is 11.3 Å². The van der Waals surface area contributed by atoms with Crippen LogP contribution in [0.5, 0.6) is 11.5 Å².